The Balaban J connectivity index is 1.70. The van der Waals surface area contributed by atoms with Crippen LogP contribution in [0, 0.1) is 5.92 Å². The molecule has 1 aliphatic heterocycles. The maximum atomic E-state index is 11.8. The number of aromatic hydroxyl groups is 1. The van der Waals surface area contributed by atoms with E-state index in [1.165, 1.54) is 17.4 Å². The zero-order valence-corrected chi connectivity index (χ0v) is 11.9. The van der Waals surface area contributed by atoms with Gasteiger partial charge < -0.3 is 15.2 Å². The quantitative estimate of drug-likeness (QED) is 0.851. The van der Waals surface area contributed by atoms with Crippen LogP contribution in [0.25, 0.3) is 0 Å². The molecule has 0 saturated carbocycles. The SMILES string of the molecule is C[C@H](CNC(=O)c1cc(O)cs1)CN1CCOCC1. The van der Waals surface area contributed by atoms with E-state index < -0.39 is 0 Å². The first-order chi connectivity index (χ1) is 9.15. The van der Waals surface area contributed by atoms with Crippen molar-refractivity contribution in [1.29, 1.82) is 0 Å². The number of carbonyl (C=O) groups is 1. The van der Waals surface area contributed by atoms with Crippen LogP contribution in [0.1, 0.15) is 16.6 Å². The summed E-state index contributed by atoms with van der Waals surface area (Å²) in [5, 5.41) is 13.7. The van der Waals surface area contributed by atoms with Crippen molar-refractivity contribution in [3.63, 3.8) is 0 Å². The van der Waals surface area contributed by atoms with E-state index in [0.29, 0.717) is 17.3 Å². The van der Waals surface area contributed by atoms with E-state index in [4.69, 9.17) is 4.74 Å². The van der Waals surface area contributed by atoms with Crippen molar-refractivity contribution in [3.05, 3.63) is 16.3 Å². The van der Waals surface area contributed by atoms with Crippen LogP contribution in [0.2, 0.25) is 0 Å². The molecule has 1 aromatic heterocycles. The highest BCUT2D eigenvalue weighted by Crippen LogP contribution is 2.19. The molecule has 1 amide bonds. The van der Waals surface area contributed by atoms with Crippen molar-refractivity contribution in [3.8, 4) is 5.75 Å². The zero-order chi connectivity index (χ0) is 13.7. The van der Waals surface area contributed by atoms with Crippen molar-refractivity contribution in [2.75, 3.05) is 39.4 Å². The van der Waals surface area contributed by atoms with E-state index >= 15 is 0 Å². The van der Waals surface area contributed by atoms with Gasteiger partial charge in [0, 0.05) is 37.6 Å². The molecule has 1 fully saturated rings. The summed E-state index contributed by atoms with van der Waals surface area (Å²) in [5.74, 6) is 0.436. The van der Waals surface area contributed by atoms with Crippen LogP contribution in [0.3, 0.4) is 0 Å². The lowest BCUT2D eigenvalue weighted by Crippen LogP contribution is -2.41. The monoisotopic (exact) mass is 284 g/mol. The van der Waals surface area contributed by atoms with E-state index in [2.05, 4.69) is 17.1 Å². The van der Waals surface area contributed by atoms with Gasteiger partial charge in [-0.3, -0.25) is 9.69 Å². The molecule has 0 aromatic carbocycles. The van der Waals surface area contributed by atoms with Gasteiger partial charge in [0.15, 0.2) is 0 Å². The Morgan fingerprint density at radius 2 is 2.32 bits per heavy atom. The van der Waals surface area contributed by atoms with Gasteiger partial charge in [-0.1, -0.05) is 6.92 Å². The molecular formula is C13H20N2O3S. The standard InChI is InChI=1S/C13H20N2O3S/c1-10(8-15-2-4-18-5-3-15)7-14-13(17)12-6-11(16)9-19-12/h6,9-10,16H,2-5,7-8H2,1H3,(H,14,17)/t10-/m1/s1. The first kappa shape index (κ1) is 14.3. The molecular weight excluding hydrogens is 264 g/mol. The number of nitrogens with one attached hydrogen (secondary N) is 1. The highest BCUT2D eigenvalue weighted by Gasteiger charge is 2.15. The van der Waals surface area contributed by atoms with Crippen molar-refractivity contribution in [1.82, 2.24) is 10.2 Å². The molecule has 2 heterocycles. The molecule has 6 heteroatoms. The van der Waals surface area contributed by atoms with E-state index in [1.807, 2.05) is 0 Å². The van der Waals surface area contributed by atoms with Crippen LogP contribution in [-0.4, -0.2) is 55.3 Å². The van der Waals surface area contributed by atoms with E-state index in [1.54, 1.807) is 5.38 Å². The van der Waals surface area contributed by atoms with Crippen LogP contribution in [0.4, 0.5) is 0 Å². The van der Waals surface area contributed by atoms with E-state index in [-0.39, 0.29) is 11.7 Å². The fourth-order valence-corrected chi connectivity index (χ4v) is 2.77. The molecule has 0 spiro atoms. The van der Waals surface area contributed by atoms with Crippen molar-refractivity contribution >= 4 is 17.2 Å². The molecule has 0 bridgehead atoms. The number of hydrogen-bond acceptors (Lipinski definition) is 5. The lowest BCUT2D eigenvalue weighted by molar-refractivity contribution is 0.0317. The number of nitrogens with zero attached hydrogens (tertiary/aromatic N) is 1. The molecule has 0 aliphatic carbocycles. The molecule has 1 aliphatic rings. The maximum absolute atomic E-state index is 11.8. The van der Waals surface area contributed by atoms with Crippen LogP contribution >= 0.6 is 11.3 Å². The second kappa shape index (κ2) is 6.88. The van der Waals surface area contributed by atoms with Gasteiger partial charge in [0.2, 0.25) is 0 Å². The highest BCUT2D eigenvalue weighted by atomic mass is 32.1. The summed E-state index contributed by atoms with van der Waals surface area (Å²) >= 11 is 1.26. The third-order valence-corrected chi connectivity index (χ3v) is 4.01. The fourth-order valence-electron chi connectivity index (χ4n) is 2.09. The lowest BCUT2D eigenvalue weighted by atomic mass is 10.1. The van der Waals surface area contributed by atoms with Gasteiger partial charge in [0.1, 0.15) is 5.75 Å². The molecule has 0 unspecified atom stereocenters. The maximum Gasteiger partial charge on any atom is 0.261 e. The van der Waals surface area contributed by atoms with Gasteiger partial charge in [-0.2, -0.15) is 0 Å². The fraction of sp³-hybridized carbons (Fsp3) is 0.615. The van der Waals surface area contributed by atoms with Crippen LogP contribution in [-0.2, 0) is 4.74 Å². The predicted molar refractivity (Wildman–Crippen MR) is 74.7 cm³/mol. The van der Waals surface area contributed by atoms with Crippen molar-refractivity contribution < 1.29 is 14.6 Å². The van der Waals surface area contributed by atoms with Gasteiger partial charge >= 0.3 is 0 Å². The number of morpholine rings is 1. The minimum atomic E-state index is -0.112. The Bertz CT molecular complexity index is 416. The van der Waals surface area contributed by atoms with Crippen LogP contribution < -0.4 is 5.32 Å². The molecule has 5 nitrogen and oxygen atoms in total. The third-order valence-electron chi connectivity index (χ3n) is 3.09. The molecule has 19 heavy (non-hydrogen) atoms. The number of hydrogen-bond donors (Lipinski definition) is 2. The summed E-state index contributed by atoms with van der Waals surface area (Å²) in [6.07, 6.45) is 0. The number of ether oxygens (including phenoxy) is 1. The molecule has 106 valence electrons. The first-order valence-corrected chi connectivity index (χ1v) is 7.39. The summed E-state index contributed by atoms with van der Waals surface area (Å²) in [7, 11) is 0. The van der Waals surface area contributed by atoms with Crippen LogP contribution in [0.15, 0.2) is 11.4 Å². The Morgan fingerprint density at radius 3 is 2.95 bits per heavy atom. The Labute approximate surface area is 117 Å². The zero-order valence-electron chi connectivity index (χ0n) is 11.1. The minimum Gasteiger partial charge on any atom is -0.507 e. The topological polar surface area (TPSA) is 61.8 Å². The number of rotatable bonds is 5. The largest absolute Gasteiger partial charge is 0.507 e. The van der Waals surface area contributed by atoms with Gasteiger partial charge in [0.05, 0.1) is 18.1 Å². The first-order valence-electron chi connectivity index (χ1n) is 6.51. The minimum absolute atomic E-state index is 0.112. The van der Waals surface area contributed by atoms with Gasteiger partial charge in [-0.15, -0.1) is 11.3 Å². The molecule has 2 N–H and O–H groups in total. The van der Waals surface area contributed by atoms with E-state index in [0.717, 1.165) is 32.8 Å². The molecule has 1 aromatic rings. The predicted octanol–water partition coefficient (Wildman–Crippen LogP) is 1.15. The summed E-state index contributed by atoms with van der Waals surface area (Å²) < 4.78 is 5.31. The average Bonchev–Trinajstić information content (AvgIpc) is 2.84. The molecule has 1 atom stereocenters. The molecule has 2 rings (SSSR count). The van der Waals surface area contributed by atoms with Gasteiger partial charge in [0.25, 0.3) is 5.91 Å². The Hall–Kier alpha value is -1.11. The smallest absolute Gasteiger partial charge is 0.261 e. The second-order valence-electron chi connectivity index (χ2n) is 4.90. The number of thiophene rings is 1. The van der Waals surface area contributed by atoms with Crippen molar-refractivity contribution in [2.45, 2.75) is 6.92 Å². The van der Waals surface area contributed by atoms with Crippen molar-refractivity contribution in [2.24, 2.45) is 5.92 Å². The Morgan fingerprint density at radius 1 is 1.58 bits per heavy atom. The van der Waals surface area contributed by atoms with Gasteiger partial charge in [-0.05, 0) is 5.92 Å². The highest BCUT2D eigenvalue weighted by molar-refractivity contribution is 7.12. The summed E-state index contributed by atoms with van der Waals surface area (Å²) in [5.41, 5.74) is 0. The Kier molecular flexibility index (Phi) is 5.18. The molecule has 1 saturated heterocycles. The van der Waals surface area contributed by atoms with E-state index in [9.17, 15) is 9.90 Å². The average molecular weight is 284 g/mol. The summed E-state index contributed by atoms with van der Waals surface area (Å²) in [4.78, 5) is 14.7. The normalized spacial score (nSPS) is 18.2. The van der Waals surface area contributed by atoms with Crippen LogP contribution in [0.5, 0.6) is 5.75 Å². The summed E-state index contributed by atoms with van der Waals surface area (Å²) in [6.45, 7) is 7.28. The van der Waals surface area contributed by atoms with Gasteiger partial charge in [-0.25, -0.2) is 0 Å². The number of amides is 1. The third kappa shape index (κ3) is 4.49. The lowest BCUT2D eigenvalue weighted by Gasteiger charge is -2.29. The summed E-state index contributed by atoms with van der Waals surface area (Å²) in [6, 6.07) is 1.49. The second-order valence-corrected chi connectivity index (χ2v) is 5.81. The molecule has 0 radical (unpaired) electrons. The number of carbonyl (C=O) groups excluding carboxylic acids is 1.